The molecule has 1 saturated heterocycles. The van der Waals surface area contributed by atoms with Gasteiger partial charge in [0.2, 0.25) is 5.88 Å². The first kappa shape index (κ1) is 39.1. The van der Waals surface area contributed by atoms with E-state index in [0.29, 0.717) is 24.5 Å². The Morgan fingerprint density at radius 3 is 2.52 bits per heavy atom. The molecule has 3 aromatic rings. The van der Waals surface area contributed by atoms with E-state index in [1.165, 1.54) is 12.1 Å². The van der Waals surface area contributed by atoms with Crippen LogP contribution in [0.15, 0.2) is 70.2 Å². The van der Waals surface area contributed by atoms with Crippen LogP contribution < -0.4 is 28.3 Å². The van der Waals surface area contributed by atoms with E-state index in [2.05, 4.69) is 41.1 Å². The first-order valence-corrected chi connectivity index (χ1v) is 17.3. The quantitative estimate of drug-likeness (QED) is 0.243. The molecule has 1 aromatic heterocycles. The molecule has 1 fully saturated rings. The maximum atomic E-state index is 14.6. The zero-order chi connectivity index (χ0) is 33.0. The number of primary sulfonamides is 1. The largest absolute Gasteiger partial charge is 1.00 e. The number of aryl methyl sites for hydroxylation is 2. The van der Waals surface area contributed by atoms with Crippen LogP contribution >= 0.6 is 0 Å². The molecule has 4 bridgehead atoms. The van der Waals surface area contributed by atoms with Gasteiger partial charge in [-0.2, -0.15) is 24.3 Å². The third-order valence-electron chi connectivity index (χ3n) is 8.54. The Morgan fingerprint density at radius 2 is 1.85 bits per heavy atom. The fourth-order valence-electron chi connectivity index (χ4n) is 6.29. The number of aliphatic imine (C=N–C) groups is 1. The SMILES string of the molecule is C[C-]=N/C(=C\CC(C)C)[C@@H]1CCC[C@@H](OC)[C@@H]2COc3cc(-c4c(C)cccc4C)nc(n3)[NH2+]S(=O)(=O)c3cccc(c3)C(=O)N12.[CH3-].[Li+]. The standard InChI is InChI=1S/C35H42N5O5S.CH3.Li/c1-7-36-27(18-17-22(2)3)29-15-10-16-31(44-6)30-21-45-32-20-28(33-23(4)11-8-12-24(33)5)37-35(38-32)39-46(42,43)26-14-9-13-25(19-26)34(41)40(29)30;;/h8-9,11-14,18-20,22,29-31H,10,15-17,21H2,1-6H3,(H,37,38,39);1H3;/q2*-1;+1/p+1/b27-18-;;/t29-,30-,31+;;/m0../s1. The van der Waals surface area contributed by atoms with E-state index in [1.807, 2.05) is 32.0 Å². The number of nitrogens with two attached hydrogens (primary N) is 1. The predicted octanol–water partition coefficient (Wildman–Crippen LogP) is 2.47. The Morgan fingerprint density at radius 1 is 1.15 bits per heavy atom. The number of fused-ring (bicyclic) bond motifs is 5. The molecule has 252 valence electrons. The van der Waals surface area contributed by atoms with Crippen molar-refractivity contribution in [1.82, 2.24) is 14.9 Å². The molecule has 2 aromatic carbocycles. The average Bonchev–Trinajstić information content (AvgIpc) is 3.20. The van der Waals surface area contributed by atoms with Crippen molar-refractivity contribution in [3.8, 4) is 17.1 Å². The Balaban J connectivity index is 0.00000312. The number of sulfonamides is 1. The minimum absolute atomic E-state index is 0. The van der Waals surface area contributed by atoms with Crippen LogP contribution in [0, 0.1) is 27.2 Å². The molecule has 0 aliphatic carbocycles. The van der Waals surface area contributed by atoms with Crippen LogP contribution in [-0.4, -0.2) is 67.3 Å². The van der Waals surface area contributed by atoms with Crippen LogP contribution in [0.2, 0.25) is 0 Å². The number of aromatic nitrogens is 2. The Kier molecular flexibility index (Phi) is 13.7. The number of carbonyl (C=O) groups is 1. The van der Waals surface area contributed by atoms with Crippen molar-refractivity contribution >= 4 is 28.1 Å². The van der Waals surface area contributed by atoms with Gasteiger partial charge in [0.1, 0.15) is 11.5 Å². The summed E-state index contributed by atoms with van der Waals surface area (Å²) in [6.45, 7) is 10.0. The molecule has 0 saturated carbocycles. The second-order valence-electron chi connectivity index (χ2n) is 12.3. The monoisotopic (exact) mass is 667 g/mol. The predicted molar refractivity (Wildman–Crippen MR) is 183 cm³/mol. The number of benzene rings is 2. The number of rotatable bonds is 6. The van der Waals surface area contributed by atoms with E-state index in [9.17, 15) is 13.2 Å². The minimum Gasteiger partial charge on any atom is -0.475 e. The van der Waals surface area contributed by atoms with Gasteiger partial charge in [0.05, 0.1) is 17.8 Å². The van der Waals surface area contributed by atoms with E-state index in [4.69, 9.17) is 9.47 Å². The number of quaternary nitrogens is 1. The van der Waals surface area contributed by atoms with Gasteiger partial charge in [0.25, 0.3) is 5.91 Å². The minimum atomic E-state index is -4.05. The zero-order valence-electron chi connectivity index (χ0n) is 29.4. The maximum Gasteiger partial charge on any atom is 1.00 e. The Labute approximate surface area is 297 Å². The summed E-state index contributed by atoms with van der Waals surface area (Å²) in [5.74, 6) is 0.269. The number of allylic oxidation sites excluding steroid dienone is 1. The molecule has 1 amide bonds. The summed E-state index contributed by atoms with van der Waals surface area (Å²) in [5.41, 5.74) is 4.39. The molecule has 0 radical (unpaired) electrons. The van der Waals surface area contributed by atoms with Crippen LogP contribution in [0.4, 0.5) is 5.95 Å². The first-order chi connectivity index (χ1) is 22.0. The third kappa shape index (κ3) is 8.63. The summed E-state index contributed by atoms with van der Waals surface area (Å²) in [4.78, 5) is 30.2. The van der Waals surface area contributed by atoms with E-state index in [0.717, 1.165) is 40.0 Å². The molecule has 3 heterocycles. The molecular formula is C36H46LiN5O5S. The van der Waals surface area contributed by atoms with Crippen LogP contribution in [0.1, 0.15) is 67.9 Å². The van der Waals surface area contributed by atoms with Gasteiger partial charge >= 0.3 is 34.8 Å². The maximum absolute atomic E-state index is 14.6. The van der Waals surface area contributed by atoms with Gasteiger partial charge in [0.15, 0.2) is 0 Å². The second kappa shape index (κ2) is 16.9. The van der Waals surface area contributed by atoms with Crippen molar-refractivity contribution < 1.29 is 46.3 Å². The van der Waals surface area contributed by atoms with Crippen molar-refractivity contribution in [2.75, 3.05) is 13.7 Å². The van der Waals surface area contributed by atoms with Gasteiger partial charge in [-0.1, -0.05) is 43.8 Å². The topological polar surface area (TPSA) is 128 Å². The van der Waals surface area contributed by atoms with E-state index < -0.39 is 22.1 Å². The van der Waals surface area contributed by atoms with E-state index in [1.54, 1.807) is 37.1 Å². The Bertz CT molecular complexity index is 1740. The summed E-state index contributed by atoms with van der Waals surface area (Å²) in [6, 6.07) is 12.9. The molecular weight excluding hydrogens is 621 g/mol. The number of hydrogen-bond donors (Lipinski definition) is 1. The van der Waals surface area contributed by atoms with Crippen LogP contribution in [0.25, 0.3) is 11.3 Å². The van der Waals surface area contributed by atoms with Crippen molar-refractivity contribution in [2.45, 2.75) is 83.4 Å². The van der Waals surface area contributed by atoms with Crippen molar-refractivity contribution in [1.29, 1.82) is 0 Å². The van der Waals surface area contributed by atoms with Gasteiger partial charge in [-0.25, -0.2) is 0 Å². The number of amides is 1. The normalized spacial score (nSPS) is 21.1. The molecule has 5 rings (SSSR count). The molecule has 48 heavy (non-hydrogen) atoms. The summed E-state index contributed by atoms with van der Waals surface area (Å²) in [6.07, 6.45) is 7.58. The summed E-state index contributed by atoms with van der Waals surface area (Å²) >= 11 is 0. The number of methoxy groups -OCH3 is 1. The van der Waals surface area contributed by atoms with Crippen LogP contribution in [-0.2, 0) is 14.8 Å². The fraction of sp³-hybridized carbons (Fsp3) is 0.417. The molecule has 2 N–H and O–H groups in total. The van der Waals surface area contributed by atoms with Gasteiger partial charge in [0, 0.05) is 30.3 Å². The van der Waals surface area contributed by atoms with Gasteiger partial charge < -0.3 is 26.8 Å². The smallest absolute Gasteiger partial charge is 0.475 e. The van der Waals surface area contributed by atoms with E-state index in [-0.39, 0.29) is 67.2 Å². The first-order valence-electron chi connectivity index (χ1n) is 15.7. The average molecular weight is 668 g/mol. The molecule has 2 aliphatic rings. The molecule has 10 nitrogen and oxygen atoms in total. The number of carbonyl (C=O) groups excluding carboxylic acids is 1. The summed E-state index contributed by atoms with van der Waals surface area (Å²) < 4.78 is 41.0. The van der Waals surface area contributed by atoms with Gasteiger partial charge in [-0.15, -0.1) is 18.0 Å². The molecule has 12 heteroatoms. The summed E-state index contributed by atoms with van der Waals surface area (Å²) in [5, 5.41) is 0. The summed E-state index contributed by atoms with van der Waals surface area (Å²) in [7, 11) is -2.41. The number of ether oxygens (including phenoxy) is 2. The van der Waals surface area contributed by atoms with Gasteiger partial charge in [-0.05, 0) is 74.8 Å². The second-order valence-corrected chi connectivity index (χ2v) is 14.1. The third-order valence-corrected chi connectivity index (χ3v) is 9.97. The molecule has 0 unspecified atom stereocenters. The van der Waals surface area contributed by atoms with Crippen LogP contribution in [0.5, 0.6) is 5.88 Å². The van der Waals surface area contributed by atoms with Crippen molar-refractivity contribution in [3.05, 3.63) is 84.4 Å². The molecule has 0 spiro atoms. The van der Waals surface area contributed by atoms with Crippen molar-refractivity contribution in [3.63, 3.8) is 0 Å². The van der Waals surface area contributed by atoms with Crippen molar-refractivity contribution in [2.24, 2.45) is 10.9 Å². The fourth-order valence-corrected chi connectivity index (χ4v) is 7.37. The Hall–Kier alpha value is -3.33. The van der Waals surface area contributed by atoms with Crippen LogP contribution in [0.3, 0.4) is 0 Å². The van der Waals surface area contributed by atoms with Gasteiger partial charge in [-0.3, -0.25) is 4.79 Å². The molecule has 2 aliphatic heterocycles. The number of hydrogen-bond acceptors (Lipinski definition) is 8. The zero-order valence-corrected chi connectivity index (χ0v) is 30.2. The molecule has 3 atom stereocenters. The van der Waals surface area contributed by atoms with E-state index >= 15 is 0 Å². The number of nitrogens with zero attached hydrogens (tertiary/aromatic N) is 4.